The van der Waals surface area contributed by atoms with Crippen LogP contribution < -0.4 is 4.90 Å². The number of esters is 1. The molecule has 28 heavy (non-hydrogen) atoms. The minimum absolute atomic E-state index is 0.0828. The first-order valence-electron chi connectivity index (χ1n) is 10.4. The molecule has 0 radical (unpaired) electrons. The summed E-state index contributed by atoms with van der Waals surface area (Å²) in [6.45, 7) is 5.82. The molecule has 2 atom stereocenters. The molecular weight excluding hydrogens is 396 g/mol. The quantitative estimate of drug-likeness (QED) is 0.376. The van der Waals surface area contributed by atoms with Crippen molar-refractivity contribution >= 4 is 35.1 Å². The molecule has 0 aromatic carbocycles. The highest BCUT2D eigenvalue weighted by atomic mass is 35.5. The maximum atomic E-state index is 12.1. The van der Waals surface area contributed by atoms with E-state index in [1.807, 2.05) is 6.07 Å². The molecule has 0 saturated carbocycles. The minimum Gasteiger partial charge on any atom is -0.465 e. The number of nitrogens with zero attached hydrogens (tertiary/aromatic N) is 2. The topological polar surface area (TPSA) is 62.7 Å². The van der Waals surface area contributed by atoms with E-state index in [0.29, 0.717) is 29.7 Å². The Morgan fingerprint density at radius 2 is 2.32 bits per heavy atom. The Hall–Kier alpha value is -0.980. The van der Waals surface area contributed by atoms with Gasteiger partial charge in [-0.15, -0.1) is 11.8 Å². The summed E-state index contributed by atoms with van der Waals surface area (Å²) >= 11 is 8.12. The number of unbranched alkanes of at least 4 members (excludes halogenated alkanes) is 1. The van der Waals surface area contributed by atoms with Gasteiger partial charge in [0, 0.05) is 23.4 Å². The summed E-state index contributed by atoms with van der Waals surface area (Å²) in [6, 6.07) is 1.96. The Balaban J connectivity index is 1.81. The van der Waals surface area contributed by atoms with Crippen LogP contribution in [0.25, 0.3) is 0 Å². The number of carbonyl (C=O) groups is 1. The average molecular weight is 429 g/mol. The largest absolute Gasteiger partial charge is 0.465 e. The zero-order valence-electron chi connectivity index (χ0n) is 17.0. The number of aliphatic hydroxyl groups excluding tert-OH is 1. The Morgan fingerprint density at radius 3 is 3.04 bits per heavy atom. The van der Waals surface area contributed by atoms with Gasteiger partial charge in [0.15, 0.2) is 0 Å². The number of aromatic nitrogens is 1. The monoisotopic (exact) mass is 428 g/mol. The van der Waals surface area contributed by atoms with Crippen molar-refractivity contribution in [2.24, 2.45) is 5.92 Å². The van der Waals surface area contributed by atoms with Crippen molar-refractivity contribution in [3.8, 4) is 0 Å². The first-order valence-corrected chi connectivity index (χ1v) is 11.8. The fraction of sp³-hybridized carbons (Fsp3) is 0.714. The van der Waals surface area contributed by atoms with Crippen molar-refractivity contribution in [2.75, 3.05) is 30.4 Å². The van der Waals surface area contributed by atoms with E-state index in [0.717, 1.165) is 42.9 Å². The van der Waals surface area contributed by atoms with Gasteiger partial charge in [-0.1, -0.05) is 44.7 Å². The van der Waals surface area contributed by atoms with Crippen LogP contribution in [0.15, 0.2) is 17.2 Å². The SMILES string of the molecule is CCCCC(CC)COC(=O)CCSc1ccnc(N2CCCC2CO)c1Cl. The molecule has 1 aliphatic rings. The number of thioether (sulfide) groups is 1. The van der Waals surface area contributed by atoms with E-state index >= 15 is 0 Å². The molecule has 1 saturated heterocycles. The zero-order chi connectivity index (χ0) is 20.4. The Morgan fingerprint density at radius 1 is 1.50 bits per heavy atom. The van der Waals surface area contributed by atoms with Gasteiger partial charge < -0.3 is 14.7 Å². The van der Waals surface area contributed by atoms with E-state index in [-0.39, 0.29) is 18.6 Å². The fourth-order valence-electron chi connectivity index (χ4n) is 3.46. The smallest absolute Gasteiger partial charge is 0.306 e. The lowest BCUT2D eigenvalue weighted by Crippen LogP contribution is -2.33. The second-order valence-electron chi connectivity index (χ2n) is 7.32. The third kappa shape index (κ3) is 6.82. The number of rotatable bonds is 12. The van der Waals surface area contributed by atoms with Crippen molar-refractivity contribution in [1.82, 2.24) is 4.98 Å². The van der Waals surface area contributed by atoms with Gasteiger partial charge in [0.05, 0.1) is 30.7 Å². The molecule has 2 unspecified atom stereocenters. The highest BCUT2D eigenvalue weighted by Gasteiger charge is 2.27. The van der Waals surface area contributed by atoms with Gasteiger partial charge in [0.1, 0.15) is 5.82 Å². The summed E-state index contributed by atoms with van der Waals surface area (Å²) < 4.78 is 5.46. The highest BCUT2D eigenvalue weighted by Crippen LogP contribution is 2.36. The van der Waals surface area contributed by atoms with Gasteiger partial charge in [0.25, 0.3) is 0 Å². The third-order valence-electron chi connectivity index (χ3n) is 5.28. The molecule has 1 aliphatic heterocycles. The number of carbonyl (C=O) groups excluding carboxylic acids is 1. The number of pyridine rings is 1. The first-order chi connectivity index (χ1) is 13.6. The molecule has 7 heteroatoms. The molecule has 0 spiro atoms. The summed E-state index contributed by atoms with van der Waals surface area (Å²) in [6.07, 6.45) is 8.62. The van der Waals surface area contributed by atoms with Gasteiger partial charge in [-0.3, -0.25) is 4.79 Å². The second-order valence-corrected chi connectivity index (χ2v) is 8.83. The van der Waals surface area contributed by atoms with E-state index in [1.165, 1.54) is 12.8 Å². The van der Waals surface area contributed by atoms with Crippen LogP contribution in [0.3, 0.4) is 0 Å². The zero-order valence-corrected chi connectivity index (χ0v) is 18.6. The van der Waals surface area contributed by atoms with E-state index in [4.69, 9.17) is 16.3 Å². The summed E-state index contributed by atoms with van der Waals surface area (Å²) in [5.74, 6) is 1.67. The van der Waals surface area contributed by atoms with E-state index in [1.54, 1.807) is 18.0 Å². The van der Waals surface area contributed by atoms with Crippen molar-refractivity contribution in [3.05, 3.63) is 17.3 Å². The van der Waals surface area contributed by atoms with Crippen molar-refractivity contribution < 1.29 is 14.6 Å². The molecule has 1 N–H and O–H groups in total. The van der Waals surface area contributed by atoms with Crippen molar-refractivity contribution in [1.29, 1.82) is 0 Å². The summed E-state index contributed by atoms with van der Waals surface area (Å²) in [4.78, 5) is 19.5. The van der Waals surface area contributed by atoms with Crippen LogP contribution in [0.1, 0.15) is 58.8 Å². The standard InChI is InChI=1S/C21H33ClN2O3S/c1-3-5-7-16(4-2)15-27-19(26)10-13-28-18-9-11-23-21(20(18)22)24-12-6-8-17(24)14-25/h9,11,16-17,25H,3-8,10,12-15H2,1-2H3. The summed E-state index contributed by atoms with van der Waals surface area (Å²) in [7, 11) is 0. The van der Waals surface area contributed by atoms with Crippen LogP contribution in [-0.4, -0.2) is 47.6 Å². The molecular formula is C21H33ClN2O3S. The van der Waals surface area contributed by atoms with Crippen molar-refractivity contribution in [2.45, 2.75) is 69.7 Å². The summed E-state index contributed by atoms with van der Waals surface area (Å²) in [5, 5.41) is 10.1. The third-order valence-corrected chi connectivity index (χ3v) is 6.83. The second kappa shape index (κ2) is 12.6. The van der Waals surface area contributed by atoms with Crippen LogP contribution in [0, 0.1) is 5.92 Å². The Kier molecular flexibility index (Phi) is 10.4. The Labute approximate surface area is 178 Å². The lowest BCUT2D eigenvalue weighted by Gasteiger charge is -2.25. The van der Waals surface area contributed by atoms with Crippen molar-refractivity contribution in [3.63, 3.8) is 0 Å². The van der Waals surface area contributed by atoms with Gasteiger partial charge >= 0.3 is 5.97 Å². The molecule has 1 aromatic rings. The van der Waals surface area contributed by atoms with Crippen LogP contribution in [0.4, 0.5) is 5.82 Å². The molecule has 0 amide bonds. The number of hydrogen-bond donors (Lipinski definition) is 1. The van der Waals surface area contributed by atoms with E-state index in [9.17, 15) is 9.90 Å². The van der Waals surface area contributed by atoms with Gasteiger partial charge in [0.2, 0.25) is 0 Å². The van der Waals surface area contributed by atoms with Crippen LogP contribution in [0.2, 0.25) is 5.02 Å². The normalized spacial score (nSPS) is 17.7. The summed E-state index contributed by atoms with van der Waals surface area (Å²) in [5.41, 5.74) is 0. The number of halogens is 1. The minimum atomic E-state index is -0.146. The molecule has 158 valence electrons. The maximum Gasteiger partial charge on any atom is 0.306 e. The lowest BCUT2D eigenvalue weighted by atomic mass is 10.0. The molecule has 1 fully saturated rings. The fourth-order valence-corrected chi connectivity index (χ4v) is 4.70. The molecule has 0 bridgehead atoms. The van der Waals surface area contributed by atoms with Crippen LogP contribution in [-0.2, 0) is 9.53 Å². The predicted molar refractivity (Wildman–Crippen MR) is 116 cm³/mol. The molecule has 2 heterocycles. The average Bonchev–Trinajstić information content (AvgIpc) is 3.18. The highest BCUT2D eigenvalue weighted by molar-refractivity contribution is 7.99. The predicted octanol–water partition coefficient (Wildman–Crippen LogP) is 4.94. The molecule has 1 aromatic heterocycles. The Bertz CT molecular complexity index is 617. The van der Waals surface area contributed by atoms with Gasteiger partial charge in [-0.2, -0.15) is 0 Å². The number of ether oxygens (including phenoxy) is 1. The van der Waals surface area contributed by atoms with Gasteiger partial charge in [-0.05, 0) is 31.2 Å². The van der Waals surface area contributed by atoms with Crippen LogP contribution >= 0.6 is 23.4 Å². The molecule has 5 nitrogen and oxygen atoms in total. The van der Waals surface area contributed by atoms with E-state index < -0.39 is 0 Å². The molecule has 2 rings (SSSR count). The number of aliphatic hydroxyl groups is 1. The number of anilines is 1. The molecule has 0 aliphatic carbocycles. The van der Waals surface area contributed by atoms with E-state index in [2.05, 4.69) is 23.7 Å². The maximum absolute atomic E-state index is 12.1. The van der Waals surface area contributed by atoms with Gasteiger partial charge in [-0.25, -0.2) is 4.98 Å². The number of hydrogen-bond acceptors (Lipinski definition) is 6. The first kappa shape index (κ1) is 23.3. The lowest BCUT2D eigenvalue weighted by molar-refractivity contribution is -0.144. The van der Waals surface area contributed by atoms with Crippen LogP contribution in [0.5, 0.6) is 0 Å².